The van der Waals surface area contributed by atoms with E-state index in [9.17, 15) is 14.4 Å². The van der Waals surface area contributed by atoms with Crippen LogP contribution >= 0.6 is 22.7 Å². The van der Waals surface area contributed by atoms with Gasteiger partial charge in [0, 0.05) is 34.8 Å². The van der Waals surface area contributed by atoms with Crippen LogP contribution in [-0.2, 0) is 4.79 Å². The van der Waals surface area contributed by atoms with Crippen molar-refractivity contribution in [3.8, 4) is 11.3 Å². The van der Waals surface area contributed by atoms with E-state index in [0.29, 0.717) is 26.9 Å². The smallest absolute Gasteiger partial charge is 0.265 e. The quantitative estimate of drug-likeness (QED) is 0.360. The zero-order valence-electron chi connectivity index (χ0n) is 16.9. The summed E-state index contributed by atoms with van der Waals surface area (Å²) < 4.78 is 0. The van der Waals surface area contributed by atoms with Gasteiger partial charge in [0.15, 0.2) is 5.13 Å². The number of carbonyl (C=O) groups is 3. The van der Waals surface area contributed by atoms with E-state index in [2.05, 4.69) is 20.9 Å². The van der Waals surface area contributed by atoms with Crippen molar-refractivity contribution >= 4 is 56.9 Å². The van der Waals surface area contributed by atoms with Crippen LogP contribution in [0.1, 0.15) is 27.0 Å². The molecule has 0 saturated heterocycles. The molecule has 4 rings (SSSR count). The lowest BCUT2D eigenvalue weighted by Gasteiger charge is -2.06. The normalized spacial score (nSPS) is 10.4. The van der Waals surface area contributed by atoms with Gasteiger partial charge in [-0.25, -0.2) is 4.98 Å². The van der Waals surface area contributed by atoms with E-state index >= 15 is 0 Å². The van der Waals surface area contributed by atoms with Gasteiger partial charge in [0.25, 0.3) is 11.8 Å². The Balaban J connectivity index is 1.42. The Morgan fingerprint density at radius 1 is 0.812 bits per heavy atom. The molecular formula is C23H18N4O3S2. The highest BCUT2D eigenvalue weighted by atomic mass is 32.1. The van der Waals surface area contributed by atoms with Crippen molar-refractivity contribution in [1.29, 1.82) is 0 Å². The zero-order valence-corrected chi connectivity index (χ0v) is 18.5. The molecule has 2 aromatic carbocycles. The second-order valence-corrected chi connectivity index (χ2v) is 8.57. The number of anilines is 3. The third-order valence-corrected chi connectivity index (χ3v) is 5.98. The highest BCUT2D eigenvalue weighted by Gasteiger charge is 2.12. The SMILES string of the molecule is CC(=O)Nc1ccc(-c2csc(NC(=O)c3cccc(NC(=O)c4cccs4)c3)n2)cc1. The first kappa shape index (κ1) is 21.4. The molecule has 2 heterocycles. The number of aromatic nitrogens is 1. The molecule has 7 nitrogen and oxygen atoms in total. The maximum absolute atomic E-state index is 12.7. The van der Waals surface area contributed by atoms with Crippen molar-refractivity contribution < 1.29 is 14.4 Å². The molecule has 9 heteroatoms. The fraction of sp³-hybridized carbons (Fsp3) is 0.0435. The van der Waals surface area contributed by atoms with Gasteiger partial charge in [0.05, 0.1) is 10.6 Å². The van der Waals surface area contributed by atoms with Gasteiger partial charge in [-0.15, -0.1) is 22.7 Å². The van der Waals surface area contributed by atoms with Gasteiger partial charge in [0.2, 0.25) is 5.91 Å². The van der Waals surface area contributed by atoms with E-state index in [0.717, 1.165) is 11.3 Å². The van der Waals surface area contributed by atoms with Gasteiger partial charge in [0.1, 0.15) is 0 Å². The summed E-state index contributed by atoms with van der Waals surface area (Å²) in [5, 5.41) is 12.5. The minimum absolute atomic E-state index is 0.133. The number of hydrogen-bond donors (Lipinski definition) is 3. The van der Waals surface area contributed by atoms with E-state index in [-0.39, 0.29) is 17.7 Å². The molecule has 0 saturated carbocycles. The lowest BCUT2D eigenvalue weighted by atomic mass is 10.1. The Hall–Kier alpha value is -3.82. The summed E-state index contributed by atoms with van der Waals surface area (Å²) in [7, 11) is 0. The predicted octanol–water partition coefficient (Wildman–Crippen LogP) is 5.33. The van der Waals surface area contributed by atoms with Crippen molar-refractivity contribution in [2.75, 3.05) is 16.0 Å². The molecule has 0 aliphatic heterocycles. The Morgan fingerprint density at radius 3 is 2.34 bits per heavy atom. The molecule has 2 aromatic heterocycles. The average Bonchev–Trinajstić information content (AvgIpc) is 3.47. The molecule has 0 atom stereocenters. The number of benzene rings is 2. The third kappa shape index (κ3) is 5.26. The Morgan fingerprint density at radius 2 is 1.62 bits per heavy atom. The second kappa shape index (κ2) is 9.54. The largest absolute Gasteiger partial charge is 0.326 e. The van der Waals surface area contributed by atoms with Crippen LogP contribution in [0.5, 0.6) is 0 Å². The maximum Gasteiger partial charge on any atom is 0.265 e. The summed E-state index contributed by atoms with van der Waals surface area (Å²) in [6.45, 7) is 1.46. The van der Waals surface area contributed by atoms with Gasteiger partial charge >= 0.3 is 0 Å². The fourth-order valence-electron chi connectivity index (χ4n) is 2.90. The monoisotopic (exact) mass is 462 g/mol. The van der Waals surface area contributed by atoms with Crippen molar-refractivity contribution in [3.63, 3.8) is 0 Å². The topological polar surface area (TPSA) is 100 Å². The summed E-state index contributed by atoms with van der Waals surface area (Å²) in [6, 6.07) is 17.6. The molecule has 0 unspecified atom stereocenters. The molecular weight excluding hydrogens is 444 g/mol. The van der Waals surface area contributed by atoms with Crippen molar-refractivity contribution in [1.82, 2.24) is 4.98 Å². The molecule has 0 bridgehead atoms. The van der Waals surface area contributed by atoms with Crippen LogP contribution in [-0.4, -0.2) is 22.7 Å². The van der Waals surface area contributed by atoms with Gasteiger partial charge in [-0.1, -0.05) is 24.3 Å². The number of carbonyl (C=O) groups excluding carboxylic acids is 3. The number of nitrogens with zero attached hydrogens (tertiary/aromatic N) is 1. The van der Waals surface area contributed by atoms with E-state index in [1.54, 1.807) is 42.5 Å². The first-order valence-corrected chi connectivity index (χ1v) is 11.3. The molecule has 0 radical (unpaired) electrons. The molecule has 160 valence electrons. The van der Waals surface area contributed by atoms with Crippen LogP contribution in [0.25, 0.3) is 11.3 Å². The summed E-state index contributed by atoms with van der Waals surface area (Å²) in [6.07, 6.45) is 0. The number of amides is 3. The minimum Gasteiger partial charge on any atom is -0.326 e. The predicted molar refractivity (Wildman–Crippen MR) is 129 cm³/mol. The standard InChI is InChI=1S/C23H18N4O3S2/c1-14(28)24-17-9-7-15(8-10-17)19-13-32-23(26-19)27-21(29)16-4-2-5-18(12-16)25-22(30)20-6-3-11-31-20/h2-13H,1H3,(H,24,28)(H,25,30)(H,26,27,29). The van der Waals surface area contributed by atoms with E-state index < -0.39 is 0 Å². The number of thiophene rings is 1. The number of thiazole rings is 1. The van der Waals surface area contributed by atoms with Crippen LogP contribution < -0.4 is 16.0 Å². The molecule has 32 heavy (non-hydrogen) atoms. The van der Waals surface area contributed by atoms with Crippen molar-refractivity contribution in [2.45, 2.75) is 6.92 Å². The van der Waals surface area contributed by atoms with Gasteiger partial charge < -0.3 is 10.6 Å². The number of rotatable bonds is 6. The molecule has 0 aliphatic carbocycles. The second-order valence-electron chi connectivity index (χ2n) is 6.76. The van der Waals surface area contributed by atoms with Crippen LogP contribution in [0, 0.1) is 0 Å². The average molecular weight is 463 g/mol. The summed E-state index contributed by atoms with van der Waals surface area (Å²) >= 11 is 2.66. The fourth-order valence-corrected chi connectivity index (χ4v) is 4.23. The maximum atomic E-state index is 12.7. The van der Waals surface area contributed by atoms with E-state index in [1.807, 2.05) is 29.0 Å². The lowest BCUT2D eigenvalue weighted by molar-refractivity contribution is -0.114. The lowest BCUT2D eigenvalue weighted by Crippen LogP contribution is -2.14. The van der Waals surface area contributed by atoms with Gasteiger partial charge in [-0.3, -0.25) is 19.7 Å². The first-order chi connectivity index (χ1) is 15.5. The molecule has 4 aromatic rings. The molecule has 0 fully saturated rings. The van der Waals surface area contributed by atoms with Crippen LogP contribution in [0.4, 0.5) is 16.5 Å². The number of hydrogen-bond acceptors (Lipinski definition) is 6. The first-order valence-electron chi connectivity index (χ1n) is 9.58. The zero-order chi connectivity index (χ0) is 22.5. The van der Waals surface area contributed by atoms with Gasteiger partial charge in [-0.2, -0.15) is 0 Å². The Kier molecular flexibility index (Phi) is 6.39. The van der Waals surface area contributed by atoms with E-state index in [4.69, 9.17) is 0 Å². The molecule has 3 N–H and O–H groups in total. The van der Waals surface area contributed by atoms with Crippen LogP contribution in [0.2, 0.25) is 0 Å². The summed E-state index contributed by atoms with van der Waals surface area (Å²) in [5.41, 5.74) is 3.24. The number of nitrogens with one attached hydrogen (secondary N) is 3. The highest BCUT2D eigenvalue weighted by molar-refractivity contribution is 7.14. The molecule has 3 amide bonds. The van der Waals surface area contributed by atoms with Crippen LogP contribution in [0.3, 0.4) is 0 Å². The minimum atomic E-state index is -0.320. The third-order valence-electron chi connectivity index (χ3n) is 4.35. The highest BCUT2D eigenvalue weighted by Crippen LogP contribution is 2.26. The molecule has 0 aliphatic rings. The van der Waals surface area contributed by atoms with Crippen molar-refractivity contribution in [3.05, 3.63) is 81.9 Å². The molecule has 0 spiro atoms. The van der Waals surface area contributed by atoms with Crippen LogP contribution in [0.15, 0.2) is 71.4 Å². The van der Waals surface area contributed by atoms with Gasteiger partial charge in [-0.05, 0) is 41.8 Å². The summed E-state index contributed by atoms with van der Waals surface area (Å²) in [5.74, 6) is -0.669. The van der Waals surface area contributed by atoms with Crippen molar-refractivity contribution in [2.24, 2.45) is 0 Å². The Bertz CT molecular complexity index is 1260. The Labute approximate surface area is 192 Å². The van der Waals surface area contributed by atoms with E-state index in [1.165, 1.54) is 29.6 Å². The summed E-state index contributed by atoms with van der Waals surface area (Å²) in [4.78, 5) is 41.1.